The molecule has 160 valence electrons. The van der Waals surface area contributed by atoms with Crippen LogP contribution in [0.15, 0.2) is 53.1 Å². The Balaban J connectivity index is 1.65. The molecule has 0 aliphatic carbocycles. The Morgan fingerprint density at radius 3 is 2.71 bits per heavy atom. The summed E-state index contributed by atoms with van der Waals surface area (Å²) in [6.45, 7) is 3.90. The maximum Gasteiger partial charge on any atom is 0.252 e. The lowest BCUT2D eigenvalue weighted by Crippen LogP contribution is -2.33. The monoisotopic (exact) mass is 418 g/mol. The minimum atomic E-state index is -0.134. The third-order valence-corrected chi connectivity index (χ3v) is 5.38. The van der Waals surface area contributed by atoms with Crippen LogP contribution in [0.5, 0.6) is 5.75 Å². The number of benzene rings is 1. The van der Waals surface area contributed by atoms with Crippen molar-refractivity contribution in [1.82, 2.24) is 20.1 Å². The highest BCUT2D eigenvalue weighted by molar-refractivity contribution is 6.07. The van der Waals surface area contributed by atoms with Gasteiger partial charge < -0.3 is 14.5 Å². The predicted octanol–water partition coefficient (Wildman–Crippen LogP) is 4.30. The van der Waals surface area contributed by atoms with Gasteiger partial charge in [0.25, 0.3) is 5.91 Å². The zero-order chi connectivity index (χ0) is 22.0. The molecule has 0 spiro atoms. The summed E-state index contributed by atoms with van der Waals surface area (Å²) < 4.78 is 12.4. The Hall–Kier alpha value is -3.61. The SMILES string of the molecule is COc1ccc(-c2cc(C(=O)NC(C)CCc3ccco3)c3c(C)nn(C)c3n2)cc1. The number of nitrogens with zero attached hydrogens (tertiary/aromatic N) is 3. The molecule has 3 heterocycles. The minimum absolute atomic E-state index is 0.0118. The molecule has 1 N–H and O–H groups in total. The average molecular weight is 418 g/mol. The Labute approximate surface area is 181 Å². The van der Waals surface area contributed by atoms with Crippen molar-refractivity contribution in [2.45, 2.75) is 32.7 Å². The van der Waals surface area contributed by atoms with Gasteiger partial charge in [-0.3, -0.25) is 9.48 Å². The van der Waals surface area contributed by atoms with Crippen molar-refractivity contribution in [1.29, 1.82) is 0 Å². The number of methoxy groups -OCH3 is 1. The number of nitrogens with one attached hydrogen (secondary N) is 1. The van der Waals surface area contributed by atoms with E-state index in [0.29, 0.717) is 16.9 Å². The molecular weight excluding hydrogens is 392 g/mol. The molecule has 1 atom stereocenters. The van der Waals surface area contributed by atoms with E-state index in [9.17, 15) is 4.79 Å². The van der Waals surface area contributed by atoms with Crippen LogP contribution < -0.4 is 10.1 Å². The summed E-state index contributed by atoms with van der Waals surface area (Å²) in [5.41, 5.74) is 3.65. The highest BCUT2D eigenvalue weighted by atomic mass is 16.5. The van der Waals surface area contributed by atoms with E-state index < -0.39 is 0 Å². The lowest BCUT2D eigenvalue weighted by Gasteiger charge is -2.15. The summed E-state index contributed by atoms with van der Waals surface area (Å²) in [5.74, 6) is 1.55. The molecule has 0 saturated heterocycles. The Morgan fingerprint density at radius 2 is 2.03 bits per heavy atom. The molecule has 31 heavy (non-hydrogen) atoms. The van der Waals surface area contributed by atoms with Crippen molar-refractivity contribution in [3.8, 4) is 17.0 Å². The van der Waals surface area contributed by atoms with Crippen molar-refractivity contribution in [2.24, 2.45) is 7.05 Å². The molecule has 1 amide bonds. The minimum Gasteiger partial charge on any atom is -0.497 e. The summed E-state index contributed by atoms with van der Waals surface area (Å²) >= 11 is 0. The predicted molar refractivity (Wildman–Crippen MR) is 119 cm³/mol. The molecule has 0 fully saturated rings. The zero-order valence-corrected chi connectivity index (χ0v) is 18.2. The van der Waals surface area contributed by atoms with Crippen molar-refractivity contribution in [3.63, 3.8) is 0 Å². The molecule has 7 heteroatoms. The Bertz CT molecular complexity index is 1190. The topological polar surface area (TPSA) is 82.2 Å². The van der Waals surface area contributed by atoms with Gasteiger partial charge in [0.15, 0.2) is 5.65 Å². The van der Waals surface area contributed by atoms with Crippen LogP contribution in [-0.2, 0) is 13.5 Å². The van der Waals surface area contributed by atoms with E-state index in [-0.39, 0.29) is 11.9 Å². The average Bonchev–Trinajstić information content (AvgIpc) is 3.39. The second-order valence-electron chi connectivity index (χ2n) is 7.68. The van der Waals surface area contributed by atoms with Crippen molar-refractivity contribution >= 4 is 16.9 Å². The molecule has 4 rings (SSSR count). The van der Waals surface area contributed by atoms with E-state index in [4.69, 9.17) is 14.1 Å². The van der Waals surface area contributed by atoms with Crippen molar-refractivity contribution < 1.29 is 13.9 Å². The Kier molecular flexibility index (Phi) is 5.75. The molecule has 1 unspecified atom stereocenters. The normalized spacial score (nSPS) is 12.1. The quantitative estimate of drug-likeness (QED) is 0.484. The third kappa shape index (κ3) is 4.30. The van der Waals surface area contributed by atoms with Crippen LogP contribution in [0.1, 0.15) is 35.2 Å². The molecule has 0 bridgehead atoms. The largest absolute Gasteiger partial charge is 0.497 e. The lowest BCUT2D eigenvalue weighted by molar-refractivity contribution is 0.0939. The number of carbonyl (C=O) groups is 1. The summed E-state index contributed by atoms with van der Waals surface area (Å²) in [7, 11) is 3.47. The molecule has 0 aliphatic heterocycles. The van der Waals surface area contributed by atoms with Crippen LogP contribution in [0, 0.1) is 6.92 Å². The van der Waals surface area contributed by atoms with Gasteiger partial charge in [0, 0.05) is 25.1 Å². The smallest absolute Gasteiger partial charge is 0.252 e. The van der Waals surface area contributed by atoms with E-state index in [1.54, 1.807) is 18.1 Å². The van der Waals surface area contributed by atoms with Gasteiger partial charge in [-0.25, -0.2) is 4.98 Å². The number of ether oxygens (including phenoxy) is 1. The number of furan rings is 1. The fourth-order valence-electron chi connectivity index (χ4n) is 3.72. The number of rotatable bonds is 7. The Morgan fingerprint density at radius 1 is 1.26 bits per heavy atom. The zero-order valence-electron chi connectivity index (χ0n) is 18.2. The van der Waals surface area contributed by atoms with E-state index >= 15 is 0 Å². The van der Waals surface area contributed by atoms with Crippen LogP contribution in [0.3, 0.4) is 0 Å². The first kappa shape index (κ1) is 20.7. The fourth-order valence-corrected chi connectivity index (χ4v) is 3.72. The highest BCUT2D eigenvalue weighted by Crippen LogP contribution is 2.28. The number of aromatic nitrogens is 3. The first-order valence-electron chi connectivity index (χ1n) is 10.3. The summed E-state index contributed by atoms with van der Waals surface area (Å²) in [6.07, 6.45) is 3.21. The van der Waals surface area contributed by atoms with Crippen LogP contribution in [0.25, 0.3) is 22.3 Å². The van der Waals surface area contributed by atoms with E-state index in [1.165, 1.54) is 0 Å². The third-order valence-electron chi connectivity index (χ3n) is 5.38. The number of pyridine rings is 1. The number of aryl methyl sites for hydroxylation is 3. The van der Waals surface area contributed by atoms with Gasteiger partial charge in [-0.05, 0) is 62.7 Å². The fraction of sp³-hybridized carbons (Fsp3) is 0.292. The molecule has 0 saturated carbocycles. The van der Waals surface area contributed by atoms with E-state index in [1.807, 2.05) is 63.4 Å². The number of hydrogen-bond acceptors (Lipinski definition) is 5. The number of amides is 1. The van der Waals surface area contributed by atoms with Crippen LogP contribution in [0.2, 0.25) is 0 Å². The summed E-state index contributed by atoms with van der Waals surface area (Å²) in [6, 6.07) is 13.3. The van der Waals surface area contributed by atoms with Gasteiger partial charge in [-0.15, -0.1) is 0 Å². The maximum absolute atomic E-state index is 13.3. The van der Waals surface area contributed by atoms with E-state index in [0.717, 1.165) is 41.0 Å². The first-order valence-corrected chi connectivity index (χ1v) is 10.3. The van der Waals surface area contributed by atoms with Crippen LogP contribution in [-0.4, -0.2) is 33.8 Å². The van der Waals surface area contributed by atoms with Gasteiger partial charge in [0.2, 0.25) is 0 Å². The molecule has 0 aliphatic rings. The highest BCUT2D eigenvalue weighted by Gasteiger charge is 2.20. The first-order chi connectivity index (χ1) is 15.0. The van der Waals surface area contributed by atoms with Crippen molar-refractivity contribution in [2.75, 3.05) is 7.11 Å². The van der Waals surface area contributed by atoms with Gasteiger partial charge in [-0.1, -0.05) is 0 Å². The standard InChI is InChI=1S/C24H26N4O3/c1-15(7-10-19-6-5-13-31-19)25-24(29)20-14-21(17-8-11-18(30-4)12-9-17)26-23-22(20)16(2)27-28(23)3/h5-6,8-9,11-15H,7,10H2,1-4H3,(H,25,29). The second-order valence-corrected chi connectivity index (χ2v) is 7.68. The molecular formula is C24H26N4O3. The van der Waals surface area contributed by atoms with Crippen molar-refractivity contribution in [3.05, 3.63) is 65.7 Å². The summed E-state index contributed by atoms with van der Waals surface area (Å²) in [5, 5.41) is 8.38. The second kappa shape index (κ2) is 8.63. The summed E-state index contributed by atoms with van der Waals surface area (Å²) in [4.78, 5) is 18.0. The molecule has 4 aromatic rings. The number of hydrogen-bond donors (Lipinski definition) is 1. The maximum atomic E-state index is 13.3. The van der Waals surface area contributed by atoms with Gasteiger partial charge in [-0.2, -0.15) is 5.10 Å². The molecule has 0 radical (unpaired) electrons. The van der Waals surface area contributed by atoms with E-state index in [2.05, 4.69) is 10.4 Å². The van der Waals surface area contributed by atoms with Crippen LogP contribution in [0.4, 0.5) is 0 Å². The van der Waals surface area contributed by atoms with Gasteiger partial charge in [0.05, 0.1) is 35.7 Å². The molecule has 1 aromatic carbocycles. The number of carbonyl (C=O) groups excluding carboxylic acids is 1. The van der Waals surface area contributed by atoms with Crippen LogP contribution >= 0.6 is 0 Å². The molecule has 7 nitrogen and oxygen atoms in total. The molecule has 3 aromatic heterocycles. The number of fused-ring (bicyclic) bond motifs is 1. The lowest BCUT2D eigenvalue weighted by atomic mass is 10.0. The van der Waals surface area contributed by atoms with Gasteiger partial charge in [0.1, 0.15) is 11.5 Å². The van der Waals surface area contributed by atoms with Gasteiger partial charge >= 0.3 is 0 Å².